The van der Waals surface area contributed by atoms with E-state index in [1.54, 1.807) is 0 Å². The highest BCUT2D eigenvalue weighted by molar-refractivity contribution is 5.89. The molecular weight excluding hydrogens is 765 g/mol. The number of fused-ring (bicyclic) bond motifs is 3. The molecule has 0 aliphatic heterocycles. The molecule has 11 rings (SSSR count). The van der Waals surface area contributed by atoms with Crippen LogP contribution < -0.4 is 0 Å². The predicted molar refractivity (Wildman–Crippen MR) is 254 cm³/mol. The van der Waals surface area contributed by atoms with Crippen LogP contribution in [0, 0.1) is 11.3 Å². The Morgan fingerprint density at radius 2 is 0.714 bits per heavy atom. The van der Waals surface area contributed by atoms with Gasteiger partial charge >= 0.3 is 0 Å². The minimum atomic E-state index is -0.598. The first-order valence-corrected chi connectivity index (χ1v) is 21.1. The minimum absolute atomic E-state index is 0.594. The molecule has 63 heavy (non-hydrogen) atoms. The molecule has 0 fully saturated rings. The van der Waals surface area contributed by atoms with E-state index in [4.69, 9.17) is 15.0 Å². The zero-order valence-electron chi connectivity index (χ0n) is 34.2. The van der Waals surface area contributed by atoms with Gasteiger partial charge in [-0.2, -0.15) is 5.26 Å². The van der Waals surface area contributed by atoms with Gasteiger partial charge in [-0.1, -0.05) is 206 Å². The maximum absolute atomic E-state index is 10.0. The van der Waals surface area contributed by atoms with E-state index in [1.807, 2.05) is 24.3 Å². The van der Waals surface area contributed by atoms with Gasteiger partial charge < -0.3 is 0 Å². The van der Waals surface area contributed by atoms with E-state index in [1.165, 1.54) is 22.3 Å². The molecule has 0 unspecified atom stereocenters. The van der Waals surface area contributed by atoms with Gasteiger partial charge in [0.1, 0.15) is 0 Å². The maximum atomic E-state index is 10.0. The Labute approximate surface area is 367 Å². The van der Waals surface area contributed by atoms with E-state index in [0.29, 0.717) is 23.0 Å². The summed E-state index contributed by atoms with van der Waals surface area (Å²) in [6.07, 6.45) is 0. The first-order chi connectivity index (χ1) is 31.2. The second kappa shape index (κ2) is 15.8. The van der Waals surface area contributed by atoms with Crippen LogP contribution in [0.2, 0.25) is 0 Å². The summed E-state index contributed by atoms with van der Waals surface area (Å²) >= 11 is 0. The van der Waals surface area contributed by atoms with Crippen LogP contribution >= 0.6 is 0 Å². The molecule has 4 nitrogen and oxygen atoms in total. The number of rotatable bonds is 8. The molecule has 0 atom stereocenters. The van der Waals surface area contributed by atoms with Crippen LogP contribution in [0.3, 0.4) is 0 Å². The molecule has 1 aliphatic rings. The minimum Gasteiger partial charge on any atom is -0.208 e. The smallest absolute Gasteiger partial charge is 0.164 e. The van der Waals surface area contributed by atoms with Gasteiger partial charge in [-0.25, -0.2) is 15.0 Å². The Balaban J connectivity index is 1.05. The Morgan fingerprint density at radius 1 is 0.302 bits per heavy atom. The SMILES string of the molecule is N#Cc1ccc2c(c1)-c1ccc(-c3cccc(-c4nc(-c5ccc(-c6ccccc6)cc5)nc(-c5ccc(-c6ccccc6)cc5)n4)c3)cc1C2(c1ccccc1)c1ccccc1. The average Bonchev–Trinajstić information content (AvgIpc) is 3.67. The summed E-state index contributed by atoms with van der Waals surface area (Å²) < 4.78 is 0. The summed E-state index contributed by atoms with van der Waals surface area (Å²) in [5.41, 5.74) is 16.3. The molecule has 0 spiro atoms. The van der Waals surface area contributed by atoms with Crippen LogP contribution in [0.5, 0.6) is 0 Å². The molecule has 9 aromatic carbocycles. The van der Waals surface area contributed by atoms with Gasteiger partial charge in [0, 0.05) is 16.7 Å². The summed E-state index contributed by atoms with van der Waals surface area (Å²) in [6.45, 7) is 0. The number of aromatic nitrogens is 3. The second-order valence-corrected chi connectivity index (χ2v) is 15.9. The largest absolute Gasteiger partial charge is 0.208 e. The van der Waals surface area contributed by atoms with Crippen LogP contribution in [0.15, 0.2) is 231 Å². The van der Waals surface area contributed by atoms with Gasteiger partial charge in [0.25, 0.3) is 0 Å². The Morgan fingerprint density at radius 3 is 1.24 bits per heavy atom. The molecule has 0 N–H and O–H groups in total. The molecule has 4 heteroatoms. The third-order valence-corrected chi connectivity index (χ3v) is 12.3. The molecule has 0 bridgehead atoms. The van der Waals surface area contributed by atoms with Crippen LogP contribution in [-0.4, -0.2) is 15.0 Å². The Hall–Kier alpha value is -8.52. The molecule has 1 heterocycles. The molecule has 1 aromatic heterocycles. The normalized spacial score (nSPS) is 12.2. The summed E-state index contributed by atoms with van der Waals surface area (Å²) in [5, 5.41) is 10.0. The number of nitrogens with zero attached hydrogens (tertiary/aromatic N) is 4. The van der Waals surface area contributed by atoms with Crippen molar-refractivity contribution >= 4 is 0 Å². The van der Waals surface area contributed by atoms with Crippen molar-refractivity contribution in [2.45, 2.75) is 5.41 Å². The zero-order chi connectivity index (χ0) is 42.2. The third kappa shape index (κ3) is 6.70. The van der Waals surface area contributed by atoms with E-state index in [0.717, 1.165) is 61.2 Å². The average molecular weight is 803 g/mol. The lowest BCUT2D eigenvalue weighted by atomic mass is 9.67. The van der Waals surface area contributed by atoms with Gasteiger partial charge in [0.15, 0.2) is 17.5 Å². The van der Waals surface area contributed by atoms with Crippen LogP contribution in [0.4, 0.5) is 0 Å². The molecule has 10 aromatic rings. The van der Waals surface area contributed by atoms with E-state index in [9.17, 15) is 5.26 Å². The van der Waals surface area contributed by atoms with Gasteiger partial charge in [-0.15, -0.1) is 0 Å². The highest BCUT2D eigenvalue weighted by Crippen LogP contribution is 2.57. The summed E-state index contributed by atoms with van der Waals surface area (Å²) in [5.74, 6) is 1.81. The third-order valence-electron chi connectivity index (χ3n) is 12.3. The number of hydrogen-bond donors (Lipinski definition) is 0. The fourth-order valence-corrected chi connectivity index (χ4v) is 9.23. The molecule has 0 saturated heterocycles. The van der Waals surface area contributed by atoms with E-state index in [-0.39, 0.29) is 0 Å². The van der Waals surface area contributed by atoms with Crippen molar-refractivity contribution in [3.05, 3.63) is 258 Å². The molecule has 0 saturated carbocycles. The van der Waals surface area contributed by atoms with Crippen molar-refractivity contribution in [3.8, 4) is 84.7 Å². The maximum Gasteiger partial charge on any atom is 0.164 e. The first kappa shape index (κ1) is 37.5. The fourth-order valence-electron chi connectivity index (χ4n) is 9.23. The second-order valence-electron chi connectivity index (χ2n) is 15.9. The Bertz CT molecular complexity index is 3160. The fraction of sp³-hybridized carbons (Fsp3) is 0.0169. The van der Waals surface area contributed by atoms with Gasteiger partial charge in [0.05, 0.1) is 17.0 Å². The lowest BCUT2D eigenvalue weighted by molar-refractivity contribution is 0.768. The summed E-state index contributed by atoms with van der Waals surface area (Å²) in [7, 11) is 0. The molecule has 0 radical (unpaired) electrons. The first-order valence-electron chi connectivity index (χ1n) is 21.1. The summed E-state index contributed by atoms with van der Waals surface area (Å²) in [4.78, 5) is 15.4. The van der Waals surface area contributed by atoms with Crippen molar-refractivity contribution in [1.82, 2.24) is 15.0 Å². The highest BCUT2D eigenvalue weighted by atomic mass is 15.0. The molecular formula is C59H38N4. The lowest BCUT2D eigenvalue weighted by Crippen LogP contribution is -2.28. The van der Waals surface area contributed by atoms with Crippen LogP contribution in [-0.2, 0) is 5.41 Å². The zero-order valence-corrected chi connectivity index (χ0v) is 34.2. The van der Waals surface area contributed by atoms with E-state index < -0.39 is 5.41 Å². The van der Waals surface area contributed by atoms with Crippen molar-refractivity contribution in [3.63, 3.8) is 0 Å². The topological polar surface area (TPSA) is 62.5 Å². The van der Waals surface area contributed by atoms with E-state index >= 15 is 0 Å². The van der Waals surface area contributed by atoms with Crippen LogP contribution in [0.1, 0.15) is 27.8 Å². The van der Waals surface area contributed by atoms with Gasteiger partial charge in [-0.05, 0) is 91.0 Å². The van der Waals surface area contributed by atoms with Crippen LogP contribution in [0.25, 0.3) is 78.7 Å². The predicted octanol–water partition coefficient (Wildman–Crippen LogP) is 14.1. The van der Waals surface area contributed by atoms with Crippen molar-refractivity contribution in [1.29, 1.82) is 5.26 Å². The van der Waals surface area contributed by atoms with Crippen molar-refractivity contribution in [2.75, 3.05) is 0 Å². The Kier molecular flexibility index (Phi) is 9.41. The number of nitriles is 1. The van der Waals surface area contributed by atoms with Gasteiger partial charge in [-0.3, -0.25) is 0 Å². The van der Waals surface area contributed by atoms with Crippen molar-refractivity contribution in [2.24, 2.45) is 0 Å². The summed E-state index contributed by atoms with van der Waals surface area (Å²) in [6, 6.07) is 82.9. The highest BCUT2D eigenvalue weighted by Gasteiger charge is 2.46. The van der Waals surface area contributed by atoms with Crippen molar-refractivity contribution < 1.29 is 0 Å². The lowest BCUT2D eigenvalue weighted by Gasteiger charge is -2.34. The standard InChI is InChI=1S/C59H38N4/c60-39-40-24-35-54-53(36-40)52-34-33-48(38-55(52)59(54,50-20-9-3-10-21-50)51-22-11-4-12-23-51)47-18-13-19-49(37-47)58-62-56(45-29-25-43(26-30-45)41-14-5-1-6-15-41)61-57(63-58)46-31-27-44(28-32-46)42-16-7-2-8-17-42/h1-38H. The number of hydrogen-bond acceptors (Lipinski definition) is 4. The molecule has 294 valence electrons. The molecule has 0 amide bonds. The quantitative estimate of drug-likeness (QED) is 0.153. The van der Waals surface area contributed by atoms with Gasteiger partial charge in [0.2, 0.25) is 0 Å². The number of benzene rings is 9. The molecule has 1 aliphatic carbocycles. The van der Waals surface area contributed by atoms with E-state index in [2.05, 4.69) is 212 Å². The monoisotopic (exact) mass is 802 g/mol.